The van der Waals surface area contributed by atoms with Crippen LogP contribution in [0.1, 0.15) is 40.4 Å². The molecule has 2 aromatic heterocycles. The van der Waals surface area contributed by atoms with E-state index < -0.39 is 17.9 Å². The number of aliphatic carboxylic acids is 1. The molecule has 0 saturated carbocycles. The normalized spacial score (nSPS) is 12.0. The summed E-state index contributed by atoms with van der Waals surface area (Å²) in [7, 11) is 0. The molecule has 0 saturated heterocycles. The third-order valence-electron chi connectivity index (χ3n) is 4.44. The summed E-state index contributed by atoms with van der Waals surface area (Å²) in [5.74, 6) is -1.83. The zero-order valence-electron chi connectivity index (χ0n) is 15.7. The van der Waals surface area contributed by atoms with Crippen molar-refractivity contribution in [3.8, 4) is 0 Å². The number of benzene rings is 1. The number of aryl methyl sites for hydroxylation is 1. The highest BCUT2D eigenvalue weighted by Crippen LogP contribution is 2.21. The van der Waals surface area contributed by atoms with Gasteiger partial charge < -0.3 is 10.4 Å². The highest BCUT2D eigenvalue weighted by Gasteiger charge is 2.19. The van der Waals surface area contributed by atoms with Crippen molar-refractivity contribution in [3.05, 3.63) is 65.0 Å². The third kappa shape index (κ3) is 3.93. The molecule has 2 heterocycles. The predicted octanol–water partition coefficient (Wildman–Crippen LogP) is 2.78. The molecule has 0 aliphatic carbocycles. The van der Waals surface area contributed by atoms with Crippen LogP contribution in [0.2, 0.25) is 0 Å². The molecular formula is C19H20FN5O3. The lowest BCUT2D eigenvalue weighted by Gasteiger charge is -2.07. The maximum absolute atomic E-state index is 13.4. The van der Waals surface area contributed by atoms with Crippen LogP contribution < -0.4 is 5.32 Å². The van der Waals surface area contributed by atoms with E-state index in [1.165, 1.54) is 36.0 Å². The molecule has 28 heavy (non-hydrogen) atoms. The topological polar surface area (TPSA) is 102 Å². The Kier molecular flexibility index (Phi) is 5.25. The van der Waals surface area contributed by atoms with Gasteiger partial charge in [-0.05, 0) is 44.5 Å². The number of carbonyl (C=O) groups excluding carboxylic acids is 1. The lowest BCUT2D eigenvalue weighted by molar-refractivity contribution is -0.140. The molecule has 3 rings (SSSR count). The maximum atomic E-state index is 13.4. The predicted molar refractivity (Wildman–Crippen MR) is 99.7 cm³/mol. The van der Waals surface area contributed by atoms with Crippen molar-refractivity contribution >= 4 is 17.6 Å². The Balaban J connectivity index is 1.78. The second-order valence-corrected chi connectivity index (χ2v) is 6.48. The van der Waals surface area contributed by atoms with E-state index in [-0.39, 0.29) is 11.5 Å². The van der Waals surface area contributed by atoms with Crippen LogP contribution in [0.3, 0.4) is 0 Å². The molecule has 1 unspecified atom stereocenters. The van der Waals surface area contributed by atoms with Crippen LogP contribution >= 0.6 is 0 Å². The highest BCUT2D eigenvalue weighted by molar-refractivity contribution is 6.03. The van der Waals surface area contributed by atoms with E-state index >= 15 is 0 Å². The van der Waals surface area contributed by atoms with Crippen molar-refractivity contribution in [2.24, 2.45) is 0 Å². The van der Waals surface area contributed by atoms with Gasteiger partial charge >= 0.3 is 5.97 Å². The standard InChI is InChI=1S/C19H20FN5O3/c1-11-17(12(2)25(22-11)10-14-5-4-6-15(20)9-14)21-18(26)16-7-8-24(23-16)13(3)19(27)28/h4-9,13H,10H2,1-3H3,(H,21,26)(H,27,28). The summed E-state index contributed by atoms with van der Waals surface area (Å²) in [6, 6.07) is 6.82. The maximum Gasteiger partial charge on any atom is 0.328 e. The van der Waals surface area contributed by atoms with Gasteiger partial charge in [-0.25, -0.2) is 9.18 Å². The van der Waals surface area contributed by atoms with Crippen LogP contribution in [-0.2, 0) is 11.3 Å². The summed E-state index contributed by atoms with van der Waals surface area (Å²) in [5, 5.41) is 20.3. The van der Waals surface area contributed by atoms with E-state index in [0.717, 1.165) is 5.56 Å². The number of anilines is 1. The molecule has 9 heteroatoms. The Hall–Kier alpha value is -3.49. The Morgan fingerprint density at radius 1 is 1.25 bits per heavy atom. The number of rotatable bonds is 6. The van der Waals surface area contributed by atoms with E-state index in [0.29, 0.717) is 23.6 Å². The van der Waals surface area contributed by atoms with Crippen LogP contribution in [-0.4, -0.2) is 36.5 Å². The summed E-state index contributed by atoms with van der Waals surface area (Å²) in [6.07, 6.45) is 1.45. The van der Waals surface area contributed by atoms with E-state index in [4.69, 9.17) is 5.11 Å². The molecule has 1 aromatic carbocycles. The Labute approximate surface area is 160 Å². The van der Waals surface area contributed by atoms with E-state index in [2.05, 4.69) is 15.5 Å². The monoisotopic (exact) mass is 385 g/mol. The number of nitrogens with one attached hydrogen (secondary N) is 1. The first-order valence-corrected chi connectivity index (χ1v) is 8.64. The molecule has 0 bridgehead atoms. The van der Waals surface area contributed by atoms with Gasteiger partial charge in [-0.2, -0.15) is 10.2 Å². The zero-order chi connectivity index (χ0) is 20.4. The van der Waals surface area contributed by atoms with Gasteiger partial charge in [0.1, 0.15) is 11.9 Å². The zero-order valence-corrected chi connectivity index (χ0v) is 15.7. The van der Waals surface area contributed by atoms with Crippen LogP contribution in [0.25, 0.3) is 0 Å². The Bertz CT molecular complexity index is 1040. The molecule has 2 N–H and O–H groups in total. The minimum atomic E-state index is -1.04. The highest BCUT2D eigenvalue weighted by atomic mass is 19.1. The fourth-order valence-electron chi connectivity index (χ4n) is 2.81. The number of aromatic nitrogens is 4. The summed E-state index contributed by atoms with van der Waals surface area (Å²) in [4.78, 5) is 23.6. The fraction of sp³-hybridized carbons (Fsp3) is 0.263. The molecule has 0 aliphatic rings. The quantitative estimate of drug-likeness (QED) is 0.679. The Morgan fingerprint density at radius 3 is 2.68 bits per heavy atom. The van der Waals surface area contributed by atoms with E-state index in [1.54, 1.807) is 30.7 Å². The summed E-state index contributed by atoms with van der Waals surface area (Å²) < 4.78 is 16.3. The van der Waals surface area contributed by atoms with Gasteiger partial charge in [-0.3, -0.25) is 14.2 Å². The molecular weight excluding hydrogens is 365 g/mol. The van der Waals surface area contributed by atoms with Gasteiger partial charge in [-0.1, -0.05) is 12.1 Å². The van der Waals surface area contributed by atoms with Gasteiger partial charge in [0, 0.05) is 6.20 Å². The SMILES string of the molecule is Cc1nn(Cc2cccc(F)c2)c(C)c1NC(=O)c1ccn(C(C)C(=O)O)n1. The van der Waals surface area contributed by atoms with Crippen LogP contribution in [0.15, 0.2) is 36.5 Å². The van der Waals surface area contributed by atoms with Gasteiger partial charge in [0.25, 0.3) is 5.91 Å². The molecule has 146 valence electrons. The molecule has 1 amide bonds. The number of hydrogen-bond acceptors (Lipinski definition) is 4. The minimum Gasteiger partial charge on any atom is -0.480 e. The average molecular weight is 385 g/mol. The average Bonchev–Trinajstić information content (AvgIpc) is 3.22. The van der Waals surface area contributed by atoms with Gasteiger partial charge in [0.15, 0.2) is 5.69 Å². The molecule has 3 aromatic rings. The third-order valence-corrected chi connectivity index (χ3v) is 4.44. The molecule has 0 aliphatic heterocycles. The van der Waals surface area contributed by atoms with Crippen LogP contribution in [0.4, 0.5) is 10.1 Å². The number of halogens is 1. The van der Waals surface area contributed by atoms with Gasteiger partial charge in [-0.15, -0.1) is 0 Å². The van der Waals surface area contributed by atoms with Gasteiger partial charge in [0.2, 0.25) is 0 Å². The number of hydrogen-bond donors (Lipinski definition) is 2. The number of amides is 1. The van der Waals surface area contributed by atoms with Gasteiger partial charge in [0.05, 0.1) is 23.6 Å². The first-order valence-electron chi connectivity index (χ1n) is 8.64. The van der Waals surface area contributed by atoms with E-state index in [1.807, 2.05) is 0 Å². The molecule has 0 radical (unpaired) electrons. The molecule has 1 atom stereocenters. The number of carbonyl (C=O) groups is 2. The number of nitrogens with zero attached hydrogens (tertiary/aromatic N) is 4. The number of carboxylic acid groups (broad SMARTS) is 1. The van der Waals surface area contributed by atoms with Crippen molar-refractivity contribution < 1.29 is 19.1 Å². The minimum absolute atomic E-state index is 0.102. The van der Waals surface area contributed by atoms with Crippen molar-refractivity contribution in [2.45, 2.75) is 33.4 Å². The Morgan fingerprint density at radius 2 is 2.00 bits per heavy atom. The first-order chi connectivity index (χ1) is 13.3. The smallest absolute Gasteiger partial charge is 0.328 e. The second-order valence-electron chi connectivity index (χ2n) is 6.48. The molecule has 8 nitrogen and oxygen atoms in total. The van der Waals surface area contributed by atoms with Crippen LogP contribution in [0.5, 0.6) is 0 Å². The lowest BCUT2D eigenvalue weighted by atomic mass is 10.2. The first kappa shape index (κ1) is 19.3. The summed E-state index contributed by atoms with van der Waals surface area (Å²) in [5.41, 5.74) is 2.73. The van der Waals surface area contributed by atoms with E-state index in [9.17, 15) is 14.0 Å². The molecule has 0 spiro atoms. The summed E-state index contributed by atoms with van der Waals surface area (Å²) in [6.45, 7) is 5.41. The van der Waals surface area contributed by atoms with Crippen molar-refractivity contribution in [2.75, 3.05) is 5.32 Å². The summed E-state index contributed by atoms with van der Waals surface area (Å²) >= 11 is 0. The molecule has 0 fully saturated rings. The second kappa shape index (κ2) is 7.63. The fourth-order valence-corrected chi connectivity index (χ4v) is 2.81. The lowest BCUT2D eigenvalue weighted by Crippen LogP contribution is -2.18. The van der Waals surface area contributed by atoms with Crippen molar-refractivity contribution in [3.63, 3.8) is 0 Å². The van der Waals surface area contributed by atoms with Crippen LogP contribution in [0, 0.1) is 19.7 Å². The number of carboxylic acids is 1. The van der Waals surface area contributed by atoms with Crippen molar-refractivity contribution in [1.82, 2.24) is 19.6 Å². The largest absolute Gasteiger partial charge is 0.480 e. The van der Waals surface area contributed by atoms with Crippen molar-refractivity contribution in [1.29, 1.82) is 0 Å².